The number of carbonyl (C=O) groups is 1. The molecule has 1 amide bonds. The van der Waals surface area contributed by atoms with Crippen molar-refractivity contribution in [1.82, 2.24) is 5.32 Å². The van der Waals surface area contributed by atoms with Crippen LogP contribution in [0.15, 0.2) is 0 Å². The zero-order valence-corrected chi connectivity index (χ0v) is 9.56. The van der Waals surface area contributed by atoms with Gasteiger partial charge in [-0.3, -0.25) is 4.79 Å². The van der Waals surface area contributed by atoms with Crippen molar-refractivity contribution in [3.05, 3.63) is 0 Å². The Bertz CT molecular complexity index is 257. The van der Waals surface area contributed by atoms with E-state index in [0.29, 0.717) is 12.3 Å². The molecule has 0 aromatic carbocycles. The highest BCUT2D eigenvalue weighted by atomic mass is 16.3. The van der Waals surface area contributed by atoms with E-state index >= 15 is 0 Å². The van der Waals surface area contributed by atoms with Gasteiger partial charge in [0, 0.05) is 13.0 Å². The smallest absolute Gasteiger partial charge is 0.220 e. The van der Waals surface area contributed by atoms with Gasteiger partial charge in [-0.25, -0.2) is 0 Å². The van der Waals surface area contributed by atoms with Crippen molar-refractivity contribution in [2.45, 2.75) is 38.2 Å². The van der Waals surface area contributed by atoms with Crippen LogP contribution >= 0.6 is 0 Å². The molecule has 16 heavy (non-hydrogen) atoms. The molecule has 0 heterocycles. The lowest BCUT2D eigenvalue weighted by molar-refractivity contribution is -0.123. The normalized spacial score (nSPS) is 34.0. The van der Waals surface area contributed by atoms with Crippen molar-refractivity contribution in [3.63, 3.8) is 0 Å². The van der Waals surface area contributed by atoms with Gasteiger partial charge in [-0.1, -0.05) is 6.42 Å². The third-order valence-corrected chi connectivity index (χ3v) is 4.08. The van der Waals surface area contributed by atoms with Crippen molar-refractivity contribution in [2.75, 3.05) is 13.2 Å². The van der Waals surface area contributed by atoms with Gasteiger partial charge in [0.25, 0.3) is 0 Å². The number of rotatable bonds is 5. The fourth-order valence-electron chi connectivity index (χ4n) is 3.23. The molecule has 3 N–H and O–H groups in total. The maximum Gasteiger partial charge on any atom is 0.220 e. The minimum Gasteiger partial charge on any atom is -0.394 e. The molecule has 0 saturated heterocycles. The van der Waals surface area contributed by atoms with Gasteiger partial charge in [-0.2, -0.15) is 0 Å². The average Bonchev–Trinajstić information content (AvgIpc) is 2.87. The fourth-order valence-corrected chi connectivity index (χ4v) is 3.23. The predicted octanol–water partition coefficient (Wildman–Crippen LogP) is 0.282. The molecule has 2 bridgehead atoms. The summed E-state index contributed by atoms with van der Waals surface area (Å²) in [7, 11) is 0. The molecule has 4 unspecified atom stereocenters. The molecule has 0 aliphatic heterocycles. The van der Waals surface area contributed by atoms with Crippen molar-refractivity contribution in [2.24, 2.45) is 17.8 Å². The lowest BCUT2D eigenvalue weighted by atomic mass is 9.86. The number of aliphatic hydroxyl groups is 2. The second-order valence-electron chi connectivity index (χ2n) is 5.28. The van der Waals surface area contributed by atoms with E-state index in [1.807, 2.05) is 0 Å². The molecule has 0 radical (unpaired) electrons. The number of nitrogens with one attached hydrogen (secondary N) is 1. The summed E-state index contributed by atoms with van der Waals surface area (Å²) in [5.41, 5.74) is 0. The second kappa shape index (κ2) is 5.15. The van der Waals surface area contributed by atoms with Gasteiger partial charge in [-0.05, 0) is 37.0 Å². The van der Waals surface area contributed by atoms with Crippen LogP contribution < -0.4 is 5.32 Å². The Morgan fingerprint density at radius 2 is 2.19 bits per heavy atom. The van der Waals surface area contributed by atoms with Crippen LogP contribution in [0.3, 0.4) is 0 Å². The molecule has 2 fully saturated rings. The van der Waals surface area contributed by atoms with Crippen LogP contribution in [0.2, 0.25) is 0 Å². The monoisotopic (exact) mass is 227 g/mol. The topological polar surface area (TPSA) is 69.6 Å². The summed E-state index contributed by atoms with van der Waals surface area (Å²) in [4.78, 5) is 11.6. The lowest BCUT2D eigenvalue weighted by Gasteiger charge is -2.21. The molecule has 92 valence electrons. The first kappa shape index (κ1) is 11.9. The van der Waals surface area contributed by atoms with Gasteiger partial charge < -0.3 is 15.5 Å². The molecule has 2 saturated carbocycles. The number of amides is 1. The van der Waals surface area contributed by atoms with E-state index in [1.165, 1.54) is 25.7 Å². The second-order valence-corrected chi connectivity index (χ2v) is 5.28. The first-order chi connectivity index (χ1) is 7.69. The molecular weight excluding hydrogens is 206 g/mol. The third kappa shape index (κ3) is 2.74. The minimum absolute atomic E-state index is 0.0186. The molecule has 4 nitrogen and oxygen atoms in total. The Morgan fingerprint density at radius 3 is 2.75 bits per heavy atom. The first-order valence-corrected chi connectivity index (χ1v) is 6.24. The molecule has 4 atom stereocenters. The summed E-state index contributed by atoms with van der Waals surface area (Å²) in [6.45, 7) is -0.134. The van der Waals surface area contributed by atoms with Crippen LogP contribution in [0.4, 0.5) is 0 Å². The van der Waals surface area contributed by atoms with Gasteiger partial charge in [-0.15, -0.1) is 0 Å². The van der Waals surface area contributed by atoms with Crippen molar-refractivity contribution < 1.29 is 15.0 Å². The van der Waals surface area contributed by atoms with Gasteiger partial charge >= 0.3 is 0 Å². The predicted molar refractivity (Wildman–Crippen MR) is 59.7 cm³/mol. The number of hydrogen-bond donors (Lipinski definition) is 3. The summed E-state index contributed by atoms with van der Waals surface area (Å²) in [6.07, 6.45) is 4.94. The molecule has 0 aromatic heterocycles. The quantitative estimate of drug-likeness (QED) is 0.632. The van der Waals surface area contributed by atoms with Crippen LogP contribution in [0.1, 0.15) is 32.1 Å². The van der Waals surface area contributed by atoms with Crippen LogP contribution in [0, 0.1) is 17.8 Å². The van der Waals surface area contributed by atoms with Crippen molar-refractivity contribution in [3.8, 4) is 0 Å². The van der Waals surface area contributed by atoms with Crippen molar-refractivity contribution >= 4 is 5.91 Å². The fraction of sp³-hybridized carbons (Fsp3) is 0.917. The van der Waals surface area contributed by atoms with E-state index in [-0.39, 0.29) is 19.1 Å². The van der Waals surface area contributed by atoms with Gasteiger partial charge in [0.15, 0.2) is 0 Å². The lowest BCUT2D eigenvalue weighted by Crippen LogP contribution is -2.35. The highest BCUT2D eigenvalue weighted by molar-refractivity contribution is 5.76. The summed E-state index contributed by atoms with van der Waals surface area (Å²) in [5, 5.41) is 20.4. The Balaban J connectivity index is 1.67. The van der Waals surface area contributed by atoms with E-state index in [2.05, 4.69) is 5.32 Å². The maximum atomic E-state index is 11.6. The first-order valence-electron chi connectivity index (χ1n) is 6.24. The number of hydrogen-bond acceptors (Lipinski definition) is 3. The zero-order valence-electron chi connectivity index (χ0n) is 9.56. The average molecular weight is 227 g/mol. The highest BCUT2D eigenvalue weighted by Gasteiger charge is 2.39. The Hall–Kier alpha value is -0.610. The number of fused-ring (bicyclic) bond motifs is 2. The zero-order chi connectivity index (χ0) is 11.5. The molecule has 2 aliphatic rings. The third-order valence-electron chi connectivity index (χ3n) is 4.08. The van der Waals surface area contributed by atoms with E-state index in [1.54, 1.807) is 0 Å². The molecule has 4 heteroatoms. The standard InChI is InChI=1S/C12H21NO3/c14-7-11(15)6-13-12(16)5-10-4-8-1-2-9(10)3-8/h8-11,14-15H,1-7H2,(H,13,16). The molecule has 2 rings (SSSR count). The highest BCUT2D eigenvalue weighted by Crippen LogP contribution is 2.49. The summed E-state index contributed by atoms with van der Waals surface area (Å²) < 4.78 is 0. The van der Waals surface area contributed by atoms with E-state index < -0.39 is 6.10 Å². The molecule has 0 spiro atoms. The Kier molecular flexibility index (Phi) is 3.82. The van der Waals surface area contributed by atoms with Crippen LogP contribution in [0.5, 0.6) is 0 Å². The van der Waals surface area contributed by atoms with Gasteiger partial charge in [0.1, 0.15) is 0 Å². The van der Waals surface area contributed by atoms with Crippen LogP contribution in [-0.2, 0) is 4.79 Å². The SMILES string of the molecule is O=C(CC1CC2CCC1C2)NCC(O)CO. The van der Waals surface area contributed by atoms with Crippen LogP contribution in [-0.4, -0.2) is 35.4 Å². The molecular formula is C12H21NO3. The van der Waals surface area contributed by atoms with Crippen LogP contribution in [0.25, 0.3) is 0 Å². The Morgan fingerprint density at radius 1 is 1.38 bits per heavy atom. The molecule has 0 aromatic rings. The van der Waals surface area contributed by atoms with Crippen molar-refractivity contribution in [1.29, 1.82) is 0 Å². The summed E-state index contributed by atoms with van der Waals surface area (Å²) in [6, 6.07) is 0. The van der Waals surface area contributed by atoms with E-state index in [9.17, 15) is 4.79 Å². The van der Waals surface area contributed by atoms with E-state index in [0.717, 1.165) is 11.8 Å². The van der Waals surface area contributed by atoms with Gasteiger partial charge in [0.05, 0.1) is 12.7 Å². The van der Waals surface area contributed by atoms with Gasteiger partial charge in [0.2, 0.25) is 5.91 Å². The largest absolute Gasteiger partial charge is 0.394 e. The summed E-state index contributed by atoms with van der Waals surface area (Å²) in [5.74, 6) is 2.21. The molecule has 2 aliphatic carbocycles. The Labute approximate surface area is 96.0 Å². The van der Waals surface area contributed by atoms with E-state index in [4.69, 9.17) is 10.2 Å². The minimum atomic E-state index is -0.830. The number of carbonyl (C=O) groups excluding carboxylic acids is 1. The summed E-state index contributed by atoms with van der Waals surface area (Å²) >= 11 is 0. The maximum absolute atomic E-state index is 11.6. The number of aliphatic hydroxyl groups excluding tert-OH is 2.